The van der Waals surface area contributed by atoms with Crippen molar-refractivity contribution in [1.82, 2.24) is 19.7 Å². The number of anilines is 2. The summed E-state index contributed by atoms with van der Waals surface area (Å²) in [6.07, 6.45) is 3.75. The molecule has 0 amide bonds. The zero-order valence-corrected chi connectivity index (χ0v) is 18.0. The van der Waals surface area contributed by atoms with E-state index in [0.29, 0.717) is 18.9 Å². The molecule has 1 saturated carbocycles. The minimum atomic E-state index is -3.00. The Bertz CT molecular complexity index is 1090. The predicted molar refractivity (Wildman–Crippen MR) is 111 cm³/mol. The van der Waals surface area contributed by atoms with Crippen LogP contribution in [-0.4, -0.2) is 57.7 Å². The molecule has 0 aromatic carbocycles. The van der Waals surface area contributed by atoms with Crippen molar-refractivity contribution < 1.29 is 13.3 Å². The number of nitro groups is 1. The van der Waals surface area contributed by atoms with Crippen molar-refractivity contribution in [2.45, 2.75) is 51.7 Å². The molecule has 2 aromatic rings. The summed E-state index contributed by atoms with van der Waals surface area (Å²) >= 11 is 0. The molecule has 2 aromatic heterocycles. The van der Waals surface area contributed by atoms with Crippen molar-refractivity contribution >= 4 is 27.3 Å². The van der Waals surface area contributed by atoms with E-state index in [1.54, 1.807) is 0 Å². The Kier molecular flexibility index (Phi) is 5.12. The second kappa shape index (κ2) is 7.49. The van der Waals surface area contributed by atoms with Crippen LogP contribution in [0.15, 0.2) is 6.20 Å². The lowest BCUT2D eigenvalue weighted by molar-refractivity contribution is -0.384. The Morgan fingerprint density at radius 3 is 2.67 bits per heavy atom. The van der Waals surface area contributed by atoms with Crippen molar-refractivity contribution in [3.63, 3.8) is 0 Å². The van der Waals surface area contributed by atoms with Gasteiger partial charge in [0.15, 0.2) is 9.84 Å². The summed E-state index contributed by atoms with van der Waals surface area (Å²) in [6.45, 7) is 4.29. The van der Waals surface area contributed by atoms with E-state index in [4.69, 9.17) is 0 Å². The van der Waals surface area contributed by atoms with Crippen LogP contribution in [0.5, 0.6) is 0 Å². The summed E-state index contributed by atoms with van der Waals surface area (Å²) in [5.74, 6) is 0.920. The topological polar surface area (TPSA) is 136 Å². The van der Waals surface area contributed by atoms with Crippen LogP contribution in [0.2, 0.25) is 0 Å². The highest BCUT2D eigenvalue weighted by Gasteiger charge is 2.32. The molecule has 2 fully saturated rings. The third-order valence-corrected chi connectivity index (χ3v) is 7.39. The molecule has 4 rings (SSSR count). The first-order chi connectivity index (χ1) is 14.1. The third-order valence-electron chi connectivity index (χ3n) is 5.64. The van der Waals surface area contributed by atoms with E-state index in [2.05, 4.69) is 20.4 Å². The maximum Gasteiger partial charge on any atom is 0.329 e. The lowest BCUT2D eigenvalue weighted by Gasteiger charge is -2.18. The van der Waals surface area contributed by atoms with Gasteiger partial charge in [-0.05, 0) is 33.1 Å². The highest BCUT2D eigenvalue weighted by molar-refractivity contribution is 7.91. The van der Waals surface area contributed by atoms with Crippen LogP contribution in [0, 0.1) is 24.0 Å². The van der Waals surface area contributed by atoms with Crippen LogP contribution >= 0.6 is 0 Å². The van der Waals surface area contributed by atoms with Crippen LogP contribution in [0.1, 0.15) is 42.3 Å². The van der Waals surface area contributed by atoms with Crippen LogP contribution < -0.4 is 10.2 Å². The molecule has 162 valence electrons. The van der Waals surface area contributed by atoms with Crippen LogP contribution in [0.4, 0.5) is 17.5 Å². The van der Waals surface area contributed by atoms with Gasteiger partial charge < -0.3 is 10.2 Å². The molecule has 0 unspecified atom stereocenters. The van der Waals surface area contributed by atoms with Crippen molar-refractivity contribution in [2.75, 3.05) is 28.8 Å². The predicted octanol–water partition coefficient (Wildman–Crippen LogP) is 1.77. The van der Waals surface area contributed by atoms with Gasteiger partial charge in [0.1, 0.15) is 6.20 Å². The molecule has 11 nitrogen and oxygen atoms in total. The van der Waals surface area contributed by atoms with E-state index >= 15 is 0 Å². The van der Waals surface area contributed by atoms with Gasteiger partial charge in [0.05, 0.1) is 28.2 Å². The molecule has 1 atom stereocenters. The molecule has 12 heteroatoms. The number of sulfone groups is 1. The Labute approximate surface area is 174 Å². The fourth-order valence-corrected chi connectivity index (χ4v) is 5.46. The third kappa shape index (κ3) is 4.09. The summed E-state index contributed by atoms with van der Waals surface area (Å²) in [6, 6.07) is 0.0832. The summed E-state index contributed by atoms with van der Waals surface area (Å²) in [5.41, 5.74) is 2.57. The van der Waals surface area contributed by atoms with Gasteiger partial charge in [-0.2, -0.15) is 10.1 Å². The molecule has 1 saturated heterocycles. The smallest absolute Gasteiger partial charge is 0.329 e. The Balaban J connectivity index is 1.57. The van der Waals surface area contributed by atoms with E-state index in [0.717, 1.165) is 29.8 Å². The normalized spacial score (nSPS) is 20.3. The first-order valence-electron chi connectivity index (χ1n) is 9.88. The molecule has 1 aliphatic heterocycles. The number of aryl methyl sites for hydroxylation is 1. The van der Waals surface area contributed by atoms with Gasteiger partial charge in [-0.3, -0.25) is 14.8 Å². The standard InChI is InChI=1S/C18H25N7O4S/c1-11-15(12(2)24(22-11)14-6-7-30(28,29)10-14)9-23(3)18-19-8-16(25(26)27)17(21-18)20-13-4-5-13/h8,13-14H,4-7,9-10H2,1-3H3,(H,19,20,21)/t14-/m1/s1. The van der Waals surface area contributed by atoms with E-state index in [1.165, 1.54) is 6.20 Å². The fraction of sp³-hybridized carbons (Fsp3) is 0.611. The summed E-state index contributed by atoms with van der Waals surface area (Å²) in [5, 5.41) is 19.0. The molecule has 2 aliphatic rings. The zero-order chi connectivity index (χ0) is 21.6. The SMILES string of the molecule is Cc1nn([C@@H]2CCS(=O)(=O)C2)c(C)c1CN(C)c1ncc([N+](=O)[O-])c(NC2CC2)n1. The molecular weight excluding hydrogens is 410 g/mol. The maximum absolute atomic E-state index is 11.8. The molecule has 1 aliphatic carbocycles. The summed E-state index contributed by atoms with van der Waals surface area (Å²) in [7, 11) is -1.19. The van der Waals surface area contributed by atoms with Gasteiger partial charge in [0.25, 0.3) is 0 Å². The molecule has 0 spiro atoms. The van der Waals surface area contributed by atoms with Crippen molar-refractivity contribution in [2.24, 2.45) is 0 Å². The van der Waals surface area contributed by atoms with E-state index < -0.39 is 14.8 Å². The second-order valence-electron chi connectivity index (χ2n) is 8.09. The summed E-state index contributed by atoms with van der Waals surface area (Å²) in [4.78, 5) is 21.2. The van der Waals surface area contributed by atoms with Crippen molar-refractivity contribution in [3.8, 4) is 0 Å². The van der Waals surface area contributed by atoms with Gasteiger partial charge in [-0.15, -0.1) is 0 Å². The van der Waals surface area contributed by atoms with Crippen molar-refractivity contribution in [1.29, 1.82) is 0 Å². The molecule has 1 N–H and O–H groups in total. The maximum atomic E-state index is 11.8. The monoisotopic (exact) mass is 435 g/mol. The number of hydrogen-bond donors (Lipinski definition) is 1. The highest BCUT2D eigenvalue weighted by Crippen LogP contribution is 2.31. The van der Waals surface area contributed by atoms with Gasteiger partial charge in [0, 0.05) is 30.9 Å². The van der Waals surface area contributed by atoms with Gasteiger partial charge in [-0.25, -0.2) is 13.4 Å². The van der Waals surface area contributed by atoms with E-state index in [9.17, 15) is 18.5 Å². The minimum Gasteiger partial charge on any atom is -0.361 e. The number of aromatic nitrogens is 4. The number of rotatable bonds is 7. The Hall–Kier alpha value is -2.76. The van der Waals surface area contributed by atoms with Gasteiger partial charge in [-0.1, -0.05) is 0 Å². The largest absolute Gasteiger partial charge is 0.361 e. The first kappa shape index (κ1) is 20.5. The Morgan fingerprint density at radius 1 is 1.33 bits per heavy atom. The lowest BCUT2D eigenvalue weighted by Crippen LogP contribution is -2.21. The quantitative estimate of drug-likeness (QED) is 0.509. The zero-order valence-electron chi connectivity index (χ0n) is 17.2. The molecule has 3 heterocycles. The van der Waals surface area contributed by atoms with Gasteiger partial charge in [0.2, 0.25) is 11.8 Å². The lowest BCUT2D eigenvalue weighted by atomic mass is 10.2. The fourth-order valence-electron chi connectivity index (χ4n) is 3.77. The number of nitrogens with zero attached hydrogens (tertiary/aromatic N) is 6. The second-order valence-corrected chi connectivity index (χ2v) is 10.3. The summed E-state index contributed by atoms with van der Waals surface area (Å²) < 4.78 is 25.5. The average Bonchev–Trinajstić information content (AvgIpc) is 3.36. The number of nitrogens with one attached hydrogen (secondary N) is 1. The van der Waals surface area contributed by atoms with E-state index in [1.807, 2.05) is 30.5 Å². The molecule has 0 radical (unpaired) electrons. The minimum absolute atomic E-state index is 0.117. The molecular formula is C18H25N7O4S. The van der Waals surface area contributed by atoms with Gasteiger partial charge >= 0.3 is 5.69 Å². The van der Waals surface area contributed by atoms with E-state index in [-0.39, 0.29) is 35.1 Å². The highest BCUT2D eigenvalue weighted by atomic mass is 32.2. The molecule has 0 bridgehead atoms. The van der Waals surface area contributed by atoms with Crippen LogP contribution in [0.25, 0.3) is 0 Å². The number of hydrogen-bond acceptors (Lipinski definition) is 9. The average molecular weight is 436 g/mol. The first-order valence-corrected chi connectivity index (χ1v) is 11.7. The molecule has 30 heavy (non-hydrogen) atoms. The van der Waals surface area contributed by atoms with Crippen LogP contribution in [-0.2, 0) is 16.4 Å². The Morgan fingerprint density at radius 2 is 2.07 bits per heavy atom. The van der Waals surface area contributed by atoms with Crippen LogP contribution in [0.3, 0.4) is 0 Å². The van der Waals surface area contributed by atoms with Crippen molar-refractivity contribution in [3.05, 3.63) is 33.3 Å².